The number of benzene rings is 2. The summed E-state index contributed by atoms with van der Waals surface area (Å²) in [7, 11) is -4.75. The molecule has 1 N–H and O–H groups in total. The van der Waals surface area contributed by atoms with E-state index in [0.29, 0.717) is 24.2 Å². The summed E-state index contributed by atoms with van der Waals surface area (Å²) >= 11 is 0. The molecule has 0 unspecified atom stereocenters. The summed E-state index contributed by atoms with van der Waals surface area (Å²) < 4.78 is 78.0. The maximum atomic E-state index is 14.5. The van der Waals surface area contributed by atoms with Gasteiger partial charge in [0.1, 0.15) is 23.0 Å². The van der Waals surface area contributed by atoms with Gasteiger partial charge < -0.3 is 10.1 Å². The number of amides is 2. The van der Waals surface area contributed by atoms with Gasteiger partial charge in [0.25, 0.3) is 0 Å². The molecule has 2 fully saturated rings. The van der Waals surface area contributed by atoms with Gasteiger partial charge in [0, 0.05) is 30.2 Å². The summed E-state index contributed by atoms with van der Waals surface area (Å²) in [5.74, 6) is -0.412. The van der Waals surface area contributed by atoms with E-state index in [0.717, 1.165) is 17.0 Å². The van der Waals surface area contributed by atoms with Crippen LogP contribution in [0.3, 0.4) is 0 Å². The van der Waals surface area contributed by atoms with Crippen molar-refractivity contribution in [2.75, 3.05) is 6.54 Å². The van der Waals surface area contributed by atoms with Crippen LogP contribution in [0.2, 0.25) is 0 Å². The maximum absolute atomic E-state index is 14.5. The van der Waals surface area contributed by atoms with Crippen molar-refractivity contribution >= 4 is 21.8 Å². The van der Waals surface area contributed by atoms with Gasteiger partial charge in [-0.2, -0.15) is 18.4 Å². The van der Waals surface area contributed by atoms with Crippen LogP contribution in [-0.4, -0.2) is 63.8 Å². The molecule has 2 atom stereocenters. The highest BCUT2D eigenvalue weighted by Crippen LogP contribution is 2.40. The fraction of sp³-hybridized carbons (Fsp3) is 0.400. The van der Waals surface area contributed by atoms with Crippen LogP contribution in [0.25, 0.3) is 17.1 Å². The second-order valence-electron chi connectivity index (χ2n) is 11.9. The number of halogens is 3. The highest BCUT2D eigenvalue weighted by Gasteiger charge is 2.52. The number of nitriles is 1. The molecular weight excluding hydrogens is 599 g/mol. The average molecular weight is 630 g/mol. The summed E-state index contributed by atoms with van der Waals surface area (Å²) in [6, 6.07) is 12.3. The third-order valence-electron chi connectivity index (χ3n) is 7.48. The average Bonchev–Trinajstić information content (AvgIpc) is 3.34. The third kappa shape index (κ3) is 6.14. The van der Waals surface area contributed by atoms with Crippen molar-refractivity contribution in [2.24, 2.45) is 0 Å². The van der Waals surface area contributed by atoms with Crippen LogP contribution in [0.1, 0.15) is 45.6 Å². The number of sulfone groups is 1. The lowest BCUT2D eigenvalue weighted by Gasteiger charge is -2.28. The Hall–Kier alpha value is -4.38. The van der Waals surface area contributed by atoms with E-state index < -0.39 is 73.9 Å². The van der Waals surface area contributed by atoms with Crippen molar-refractivity contribution in [1.29, 1.82) is 5.26 Å². The number of imidazole rings is 1. The van der Waals surface area contributed by atoms with E-state index in [2.05, 4.69) is 10.3 Å². The minimum absolute atomic E-state index is 0.0397. The van der Waals surface area contributed by atoms with E-state index in [1.54, 1.807) is 51.1 Å². The Labute approximate surface area is 252 Å². The number of ether oxygens (including phenoxy) is 1. The van der Waals surface area contributed by atoms with Crippen molar-refractivity contribution in [2.45, 2.75) is 73.5 Å². The Morgan fingerprint density at radius 1 is 1.11 bits per heavy atom. The zero-order chi connectivity index (χ0) is 32.1. The van der Waals surface area contributed by atoms with Gasteiger partial charge in [0.05, 0.1) is 21.8 Å². The number of carbonyl (C=O) groups is 2. The van der Waals surface area contributed by atoms with Gasteiger partial charge in [0.15, 0.2) is 9.84 Å². The summed E-state index contributed by atoms with van der Waals surface area (Å²) in [5.41, 5.74) is -2.81. The summed E-state index contributed by atoms with van der Waals surface area (Å²) in [6.45, 7) is 4.17. The first-order valence-corrected chi connectivity index (χ1v) is 15.4. The fourth-order valence-corrected chi connectivity index (χ4v) is 7.02. The first-order chi connectivity index (χ1) is 20.5. The molecule has 1 aromatic heterocycles. The van der Waals surface area contributed by atoms with Gasteiger partial charge in [0.2, 0.25) is 5.91 Å². The lowest BCUT2D eigenvalue weighted by Crippen LogP contribution is -2.50. The first kappa shape index (κ1) is 31.1. The van der Waals surface area contributed by atoms with Gasteiger partial charge in [-0.05, 0) is 58.2 Å². The van der Waals surface area contributed by atoms with Crippen LogP contribution in [0, 0.1) is 11.3 Å². The molecule has 1 aliphatic heterocycles. The molecule has 2 amide bonds. The topological polar surface area (TPSA) is 134 Å². The molecule has 2 aromatic carbocycles. The van der Waals surface area contributed by atoms with E-state index in [4.69, 9.17) is 4.74 Å². The van der Waals surface area contributed by atoms with Crippen LogP contribution in [0.15, 0.2) is 65.8 Å². The zero-order valence-corrected chi connectivity index (χ0v) is 24.9. The van der Waals surface area contributed by atoms with Gasteiger partial charge >= 0.3 is 12.3 Å². The lowest BCUT2D eigenvalue weighted by atomic mass is 10.1. The molecule has 10 nitrogen and oxygen atoms in total. The molecule has 232 valence electrons. The van der Waals surface area contributed by atoms with Crippen molar-refractivity contribution in [3.63, 3.8) is 0 Å². The van der Waals surface area contributed by atoms with Gasteiger partial charge in [-0.3, -0.25) is 14.3 Å². The molecule has 2 heterocycles. The normalized spacial score (nSPS) is 19.7. The number of hydrogen-bond donors (Lipinski definition) is 1. The zero-order valence-electron chi connectivity index (χ0n) is 24.1. The Balaban J connectivity index is 1.51. The van der Waals surface area contributed by atoms with E-state index >= 15 is 0 Å². The Kier molecular flexibility index (Phi) is 7.74. The van der Waals surface area contributed by atoms with Gasteiger partial charge in [-0.15, -0.1) is 0 Å². The van der Waals surface area contributed by atoms with E-state index in [1.807, 2.05) is 6.07 Å². The molecule has 0 bridgehead atoms. The molecule has 1 saturated carbocycles. The van der Waals surface area contributed by atoms with E-state index in [1.165, 1.54) is 23.0 Å². The van der Waals surface area contributed by atoms with Crippen LogP contribution in [0.4, 0.5) is 18.0 Å². The van der Waals surface area contributed by atoms with Crippen molar-refractivity contribution in [3.05, 3.63) is 66.5 Å². The second-order valence-corrected chi connectivity index (χ2v) is 14.1. The van der Waals surface area contributed by atoms with Crippen molar-refractivity contribution in [3.8, 4) is 23.1 Å². The molecule has 1 aliphatic carbocycles. The first-order valence-electron chi connectivity index (χ1n) is 13.8. The Bertz CT molecular complexity index is 1740. The molecular formula is C30H30F3N5O5S. The molecule has 0 radical (unpaired) electrons. The highest BCUT2D eigenvalue weighted by atomic mass is 32.2. The summed E-state index contributed by atoms with van der Waals surface area (Å²) in [4.78, 5) is 30.5. The highest BCUT2D eigenvalue weighted by molar-refractivity contribution is 7.92. The number of hydrogen-bond acceptors (Lipinski definition) is 7. The smallest absolute Gasteiger partial charge is 0.417 e. The van der Waals surface area contributed by atoms with E-state index in [9.17, 15) is 36.4 Å². The molecule has 5 rings (SSSR count). The molecule has 2 aliphatic rings. The maximum Gasteiger partial charge on any atom is 0.417 e. The summed E-state index contributed by atoms with van der Waals surface area (Å²) in [5, 5.41) is 10.4. The van der Waals surface area contributed by atoms with Crippen molar-refractivity contribution < 1.29 is 35.9 Å². The van der Waals surface area contributed by atoms with Gasteiger partial charge in [-0.25, -0.2) is 18.2 Å². The largest absolute Gasteiger partial charge is 0.444 e. The number of aromatic nitrogens is 2. The minimum atomic E-state index is -5.06. The van der Waals surface area contributed by atoms with Crippen LogP contribution < -0.4 is 5.32 Å². The fourth-order valence-electron chi connectivity index (χ4n) is 5.13. The molecule has 3 aromatic rings. The van der Waals surface area contributed by atoms with Gasteiger partial charge in [-0.1, -0.05) is 30.3 Å². The van der Waals surface area contributed by atoms with Crippen molar-refractivity contribution in [1.82, 2.24) is 19.8 Å². The predicted molar refractivity (Wildman–Crippen MR) is 152 cm³/mol. The number of rotatable bonds is 6. The monoisotopic (exact) mass is 629 g/mol. The number of nitrogens with zero attached hydrogens (tertiary/aromatic N) is 4. The van der Waals surface area contributed by atoms with E-state index in [-0.39, 0.29) is 5.69 Å². The predicted octanol–water partition coefficient (Wildman–Crippen LogP) is 4.88. The number of carbonyl (C=O) groups excluding carboxylic acids is 2. The quantitative estimate of drug-likeness (QED) is 0.411. The van der Waals surface area contributed by atoms with Crippen LogP contribution in [0.5, 0.6) is 0 Å². The lowest BCUT2D eigenvalue weighted by molar-refractivity contribution is -0.139. The SMILES string of the molecule is CC(C)(C)OC(=O)N1C[C@H](S(=O)(=O)c2ccc(-n3ccnc3-c3ccccc3)cc2C(F)(F)F)C[C@H]1C(=O)NC1(C#N)CC1. The Morgan fingerprint density at radius 2 is 1.80 bits per heavy atom. The van der Waals surface area contributed by atoms with Crippen LogP contribution >= 0.6 is 0 Å². The Morgan fingerprint density at radius 3 is 2.39 bits per heavy atom. The number of nitrogens with one attached hydrogen (secondary N) is 1. The third-order valence-corrected chi connectivity index (χ3v) is 9.67. The second kappa shape index (κ2) is 11.0. The minimum Gasteiger partial charge on any atom is -0.444 e. The molecule has 0 spiro atoms. The number of alkyl halides is 3. The molecule has 44 heavy (non-hydrogen) atoms. The molecule has 14 heteroatoms. The number of likely N-dealkylation sites (tertiary alicyclic amines) is 1. The van der Waals surface area contributed by atoms with Crippen LogP contribution in [-0.2, 0) is 25.5 Å². The summed E-state index contributed by atoms with van der Waals surface area (Å²) in [6.07, 6.45) is -2.85. The molecule has 1 saturated heterocycles. The standard InChI is InChI=1S/C30H30F3N5O5S/c1-28(2,3)43-27(40)38-17-21(16-23(38)26(39)36-29(18-34)11-12-29)44(41,42)24-10-9-20(15-22(24)30(31,32)33)37-14-13-35-25(37)19-7-5-4-6-8-19/h4-10,13-15,21,23H,11-12,16-17H2,1-3H3,(H,36,39)/t21-,23+/m1/s1.